The largest absolute Gasteiger partial charge is 0.493 e. The number of carbonyl (C=O) groups excluding carboxylic acids is 1. The van der Waals surface area contributed by atoms with Crippen molar-refractivity contribution >= 4 is 28.5 Å². The van der Waals surface area contributed by atoms with E-state index in [-0.39, 0.29) is 5.91 Å². The van der Waals surface area contributed by atoms with Crippen molar-refractivity contribution in [3.05, 3.63) is 89.2 Å². The molecule has 1 aromatic heterocycles. The number of methoxy groups -OCH3 is 1. The molecule has 5 nitrogen and oxygen atoms in total. The lowest BCUT2D eigenvalue weighted by molar-refractivity contribution is 0.0964. The number of aromatic nitrogens is 2. The summed E-state index contributed by atoms with van der Waals surface area (Å²) in [6.07, 6.45) is 1.53. The first-order valence-corrected chi connectivity index (χ1v) is 9.06. The summed E-state index contributed by atoms with van der Waals surface area (Å²) < 4.78 is 12.8. The summed E-state index contributed by atoms with van der Waals surface area (Å²) in [5, 5.41) is 0.639. The Hall–Kier alpha value is -3.31. The van der Waals surface area contributed by atoms with Gasteiger partial charge < -0.3 is 9.47 Å². The second-order valence-corrected chi connectivity index (χ2v) is 6.56. The van der Waals surface area contributed by atoms with Crippen LogP contribution in [0, 0.1) is 0 Å². The smallest absolute Gasteiger partial charge is 0.263 e. The number of para-hydroxylation sites is 2. The van der Waals surface area contributed by atoms with Gasteiger partial charge in [0.2, 0.25) is 0 Å². The predicted octanol–water partition coefficient (Wildman–Crippen LogP) is 4.97. The topological polar surface area (TPSA) is 53.4 Å². The fourth-order valence-corrected chi connectivity index (χ4v) is 3.14. The van der Waals surface area contributed by atoms with E-state index in [4.69, 9.17) is 21.1 Å². The van der Waals surface area contributed by atoms with Crippen LogP contribution in [0.4, 0.5) is 0 Å². The molecule has 0 unspecified atom stereocenters. The summed E-state index contributed by atoms with van der Waals surface area (Å²) in [4.78, 5) is 17.2. The first kappa shape index (κ1) is 18.1. The van der Waals surface area contributed by atoms with E-state index in [0.717, 1.165) is 16.6 Å². The molecular formula is C22H17ClN2O3. The zero-order valence-electron chi connectivity index (χ0n) is 15.1. The van der Waals surface area contributed by atoms with Crippen LogP contribution in [0.3, 0.4) is 0 Å². The summed E-state index contributed by atoms with van der Waals surface area (Å²) in [7, 11) is 1.54. The number of carbonyl (C=O) groups is 1. The zero-order valence-corrected chi connectivity index (χ0v) is 15.9. The lowest BCUT2D eigenvalue weighted by atomic mass is 10.1. The second kappa shape index (κ2) is 7.74. The average Bonchev–Trinajstić information content (AvgIpc) is 3.16. The highest BCUT2D eigenvalue weighted by Crippen LogP contribution is 2.30. The number of fused-ring (bicyclic) bond motifs is 1. The molecule has 3 aromatic carbocycles. The summed E-state index contributed by atoms with van der Waals surface area (Å²) in [5.41, 5.74) is 2.87. The van der Waals surface area contributed by atoms with Gasteiger partial charge in [-0.3, -0.25) is 9.36 Å². The minimum absolute atomic E-state index is 0.190. The molecule has 4 aromatic rings. The number of nitrogens with zero attached hydrogens (tertiary/aromatic N) is 2. The van der Waals surface area contributed by atoms with Crippen LogP contribution >= 0.6 is 11.6 Å². The Morgan fingerprint density at radius 2 is 1.82 bits per heavy atom. The van der Waals surface area contributed by atoms with Crippen LogP contribution in [0.5, 0.6) is 11.5 Å². The summed E-state index contributed by atoms with van der Waals surface area (Å²) >= 11 is 6.17. The van der Waals surface area contributed by atoms with Gasteiger partial charge >= 0.3 is 0 Å². The van der Waals surface area contributed by atoms with Crippen LogP contribution in [-0.4, -0.2) is 22.6 Å². The number of benzene rings is 3. The molecule has 0 amide bonds. The van der Waals surface area contributed by atoms with Crippen molar-refractivity contribution in [2.75, 3.05) is 7.11 Å². The van der Waals surface area contributed by atoms with E-state index < -0.39 is 0 Å². The Bertz CT molecular complexity index is 1150. The van der Waals surface area contributed by atoms with E-state index in [2.05, 4.69) is 4.98 Å². The molecule has 4 rings (SSSR count). The normalized spacial score (nSPS) is 10.8. The van der Waals surface area contributed by atoms with Crippen LogP contribution in [0.1, 0.15) is 15.9 Å². The summed E-state index contributed by atoms with van der Waals surface area (Å²) in [6.45, 7) is 0.301. The molecule has 0 aliphatic rings. The van der Waals surface area contributed by atoms with Crippen LogP contribution in [-0.2, 0) is 6.61 Å². The molecule has 0 aliphatic carbocycles. The molecular weight excluding hydrogens is 376 g/mol. The molecule has 0 bridgehead atoms. The molecule has 0 spiro atoms. The molecule has 0 N–H and O–H groups in total. The van der Waals surface area contributed by atoms with Crippen LogP contribution in [0.15, 0.2) is 73.1 Å². The average molecular weight is 393 g/mol. The first-order chi connectivity index (χ1) is 13.7. The van der Waals surface area contributed by atoms with Gasteiger partial charge in [0.05, 0.1) is 18.1 Å². The molecule has 0 saturated heterocycles. The Morgan fingerprint density at radius 3 is 2.64 bits per heavy atom. The van der Waals surface area contributed by atoms with Crippen molar-refractivity contribution < 1.29 is 14.3 Å². The van der Waals surface area contributed by atoms with E-state index in [9.17, 15) is 4.79 Å². The third-order valence-corrected chi connectivity index (χ3v) is 4.79. The SMILES string of the molecule is COc1cc(C(=O)n2cnc3ccccc32)ccc1OCc1ccccc1Cl. The van der Waals surface area contributed by atoms with Gasteiger partial charge in [-0.2, -0.15) is 0 Å². The molecule has 0 radical (unpaired) electrons. The first-order valence-electron chi connectivity index (χ1n) is 8.68. The lowest BCUT2D eigenvalue weighted by Gasteiger charge is -2.13. The number of hydrogen-bond acceptors (Lipinski definition) is 4. The van der Waals surface area contributed by atoms with Crippen molar-refractivity contribution in [3.8, 4) is 11.5 Å². The summed E-state index contributed by atoms with van der Waals surface area (Å²) in [6, 6.07) is 20.1. The van der Waals surface area contributed by atoms with Gasteiger partial charge in [-0.15, -0.1) is 0 Å². The number of halogens is 1. The monoisotopic (exact) mass is 392 g/mol. The number of hydrogen-bond donors (Lipinski definition) is 0. The number of ether oxygens (including phenoxy) is 2. The third kappa shape index (κ3) is 3.44. The van der Waals surface area contributed by atoms with Gasteiger partial charge in [0.25, 0.3) is 5.91 Å². The van der Waals surface area contributed by atoms with Crippen LogP contribution in [0.25, 0.3) is 11.0 Å². The van der Waals surface area contributed by atoms with Crippen molar-refractivity contribution in [2.45, 2.75) is 6.61 Å². The molecule has 0 saturated carbocycles. The van der Waals surface area contributed by atoms with E-state index in [0.29, 0.717) is 28.7 Å². The third-order valence-electron chi connectivity index (χ3n) is 4.42. The van der Waals surface area contributed by atoms with Crippen LogP contribution < -0.4 is 9.47 Å². The van der Waals surface area contributed by atoms with E-state index >= 15 is 0 Å². The van der Waals surface area contributed by atoms with Crippen molar-refractivity contribution in [3.63, 3.8) is 0 Å². The zero-order chi connectivity index (χ0) is 19.5. The minimum Gasteiger partial charge on any atom is -0.493 e. The maximum atomic E-state index is 12.9. The minimum atomic E-state index is -0.190. The molecule has 6 heteroatoms. The Morgan fingerprint density at radius 1 is 1.04 bits per heavy atom. The van der Waals surface area contributed by atoms with Gasteiger partial charge in [-0.1, -0.05) is 41.9 Å². The Labute approximate surface area is 167 Å². The highest BCUT2D eigenvalue weighted by molar-refractivity contribution is 6.31. The fraction of sp³-hybridized carbons (Fsp3) is 0.0909. The standard InChI is InChI=1S/C22H17ClN2O3/c1-27-21-12-15(22(26)25-14-24-18-8-4-5-9-19(18)25)10-11-20(21)28-13-16-6-2-3-7-17(16)23/h2-12,14H,13H2,1H3. The predicted molar refractivity (Wildman–Crippen MR) is 108 cm³/mol. The summed E-state index contributed by atoms with van der Waals surface area (Å²) in [5.74, 6) is 0.821. The van der Waals surface area contributed by atoms with Gasteiger partial charge in [0.1, 0.15) is 12.9 Å². The van der Waals surface area contributed by atoms with Crippen LogP contribution in [0.2, 0.25) is 5.02 Å². The Balaban J connectivity index is 1.60. The van der Waals surface area contributed by atoms with Gasteiger partial charge in [-0.25, -0.2) is 4.98 Å². The van der Waals surface area contributed by atoms with Crippen molar-refractivity contribution in [1.29, 1.82) is 0 Å². The van der Waals surface area contributed by atoms with Crippen molar-refractivity contribution in [1.82, 2.24) is 9.55 Å². The maximum absolute atomic E-state index is 12.9. The van der Waals surface area contributed by atoms with Gasteiger partial charge in [-0.05, 0) is 36.4 Å². The second-order valence-electron chi connectivity index (χ2n) is 6.15. The fourth-order valence-electron chi connectivity index (χ4n) is 2.95. The quantitative estimate of drug-likeness (QED) is 0.481. The molecule has 28 heavy (non-hydrogen) atoms. The molecule has 0 aliphatic heterocycles. The highest BCUT2D eigenvalue weighted by Gasteiger charge is 2.15. The lowest BCUT2D eigenvalue weighted by Crippen LogP contribution is -2.11. The van der Waals surface area contributed by atoms with Gasteiger partial charge in [0.15, 0.2) is 11.5 Å². The highest BCUT2D eigenvalue weighted by atomic mass is 35.5. The van der Waals surface area contributed by atoms with E-state index in [1.165, 1.54) is 10.9 Å². The van der Waals surface area contributed by atoms with E-state index in [1.807, 2.05) is 48.5 Å². The number of imidazole rings is 1. The molecule has 0 fully saturated rings. The van der Waals surface area contributed by atoms with Gasteiger partial charge in [0, 0.05) is 16.1 Å². The van der Waals surface area contributed by atoms with Crippen molar-refractivity contribution in [2.24, 2.45) is 0 Å². The molecule has 140 valence electrons. The molecule has 1 heterocycles. The van der Waals surface area contributed by atoms with E-state index in [1.54, 1.807) is 25.3 Å². The Kier molecular flexibility index (Phi) is 5.00. The number of rotatable bonds is 5. The molecule has 0 atom stereocenters. The maximum Gasteiger partial charge on any atom is 0.263 e.